The van der Waals surface area contributed by atoms with Gasteiger partial charge in [0.2, 0.25) is 0 Å². The first-order chi connectivity index (χ1) is 12.6. The van der Waals surface area contributed by atoms with E-state index in [0.29, 0.717) is 23.4 Å². The summed E-state index contributed by atoms with van der Waals surface area (Å²) in [6.07, 6.45) is 0. The third-order valence-corrected chi connectivity index (χ3v) is 4.49. The summed E-state index contributed by atoms with van der Waals surface area (Å²) in [7, 11) is 0. The fourth-order valence-electron chi connectivity index (χ4n) is 3.22. The number of nitrogens with zero attached hydrogens (tertiary/aromatic N) is 1. The second-order valence-corrected chi connectivity index (χ2v) is 6.13. The number of benzene rings is 3. The van der Waals surface area contributed by atoms with Crippen molar-refractivity contribution in [2.45, 2.75) is 6.54 Å². The SMILES string of the molecule is NN1Cc2c(-c3ccccc3)ccc(NC(=O)c3ccccc3)c2C1=O. The second kappa shape index (κ2) is 6.46. The monoisotopic (exact) mass is 343 g/mol. The maximum absolute atomic E-state index is 12.6. The van der Waals surface area contributed by atoms with E-state index in [0.717, 1.165) is 16.7 Å². The van der Waals surface area contributed by atoms with E-state index in [1.54, 1.807) is 30.3 Å². The van der Waals surface area contributed by atoms with Crippen molar-refractivity contribution in [3.05, 3.63) is 89.5 Å². The topological polar surface area (TPSA) is 75.4 Å². The van der Waals surface area contributed by atoms with Gasteiger partial charge in [0.25, 0.3) is 11.8 Å². The Morgan fingerprint density at radius 1 is 0.923 bits per heavy atom. The minimum Gasteiger partial charge on any atom is -0.321 e. The first-order valence-corrected chi connectivity index (χ1v) is 8.29. The molecule has 1 aliphatic heterocycles. The van der Waals surface area contributed by atoms with Crippen LogP contribution >= 0.6 is 0 Å². The molecule has 0 fully saturated rings. The van der Waals surface area contributed by atoms with Crippen LogP contribution in [0.1, 0.15) is 26.3 Å². The van der Waals surface area contributed by atoms with Crippen LogP contribution in [-0.4, -0.2) is 16.8 Å². The summed E-state index contributed by atoms with van der Waals surface area (Å²) in [6.45, 7) is 0.313. The molecule has 0 bridgehead atoms. The first-order valence-electron chi connectivity index (χ1n) is 8.29. The molecule has 0 aliphatic carbocycles. The van der Waals surface area contributed by atoms with Gasteiger partial charge in [-0.25, -0.2) is 5.84 Å². The Hall–Kier alpha value is -3.44. The minimum atomic E-state index is -0.291. The van der Waals surface area contributed by atoms with Crippen molar-refractivity contribution < 1.29 is 9.59 Å². The smallest absolute Gasteiger partial charge is 0.270 e. The molecule has 0 saturated carbocycles. The third kappa shape index (κ3) is 2.74. The molecule has 0 saturated heterocycles. The molecule has 0 unspecified atom stereocenters. The third-order valence-electron chi connectivity index (χ3n) is 4.49. The van der Waals surface area contributed by atoms with E-state index < -0.39 is 0 Å². The summed E-state index contributed by atoms with van der Waals surface area (Å²) < 4.78 is 0. The number of hydrogen-bond donors (Lipinski definition) is 2. The van der Waals surface area contributed by atoms with E-state index >= 15 is 0 Å². The predicted molar refractivity (Wildman–Crippen MR) is 100 cm³/mol. The highest BCUT2D eigenvalue weighted by Gasteiger charge is 2.31. The highest BCUT2D eigenvalue weighted by molar-refractivity contribution is 6.11. The molecule has 1 heterocycles. The maximum atomic E-state index is 12.6. The molecular weight excluding hydrogens is 326 g/mol. The fraction of sp³-hybridized carbons (Fsp3) is 0.0476. The number of anilines is 1. The number of carbonyl (C=O) groups excluding carboxylic acids is 2. The molecule has 2 amide bonds. The number of nitrogens with two attached hydrogens (primary N) is 1. The highest BCUT2D eigenvalue weighted by atomic mass is 16.2. The lowest BCUT2D eigenvalue weighted by Gasteiger charge is -2.12. The Morgan fingerprint density at radius 2 is 1.58 bits per heavy atom. The Morgan fingerprint density at radius 3 is 2.27 bits per heavy atom. The normalized spacial score (nSPS) is 12.8. The van der Waals surface area contributed by atoms with Gasteiger partial charge >= 0.3 is 0 Å². The largest absolute Gasteiger partial charge is 0.321 e. The number of rotatable bonds is 3. The van der Waals surface area contributed by atoms with Crippen LogP contribution < -0.4 is 11.2 Å². The number of carbonyl (C=O) groups is 2. The Labute approximate surface area is 151 Å². The molecule has 5 heteroatoms. The van der Waals surface area contributed by atoms with Crippen LogP contribution in [0.5, 0.6) is 0 Å². The van der Waals surface area contributed by atoms with E-state index in [2.05, 4.69) is 5.32 Å². The zero-order valence-electron chi connectivity index (χ0n) is 14.0. The van der Waals surface area contributed by atoms with E-state index in [4.69, 9.17) is 5.84 Å². The molecule has 0 atom stereocenters. The van der Waals surface area contributed by atoms with Crippen molar-refractivity contribution in [1.29, 1.82) is 0 Å². The van der Waals surface area contributed by atoms with Crippen molar-refractivity contribution in [1.82, 2.24) is 5.01 Å². The predicted octanol–water partition coefficient (Wildman–Crippen LogP) is 3.44. The summed E-state index contributed by atoms with van der Waals surface area (Å²) in [5.74, 6) is 5.31. The number of hydrazine groups is 1. The van der Waals surface area contributed by atoms with Gasteiger partial charge in [-0.15, -0.1) is 0 Å². The fourth-order valence-corrected chi connectivity index (χ4v) is 3.22. The van der Waals surface area contributed by atoms with Crippen molar-refractivity contribution in [2.75, 3.05) is 5.32 Å². The summed E-state index contributed by atoms with van der Waals surface area (Å²) in [5.41, 5.74) is 4.25. The van der Waals surface area contributed by atoms with Gasteiger partial charge in [0.1, 0.15) is 0 Å². The van der Waals surface area contributed by atoms with Crippen LogP contribution in [0, 0.1) is 0 Å². The molecule has 0 radical (unpaired) electrons. The zero-order chi connectivity index (χ0) is 18.1. The molecule has 5 nitrogen and oxygen atoms in total. The van der Waals surface area contributed by atoms with Crippen molar-refractivity contribution >= 4 is 17.5 Å². The lowest BCUT2D eigenvalue weighted by atomic mass is 9.95. The van der Waals surface area contributed by atoms with Gasteiger partial charge in [-0.3, -0.25) is 14.6 Å². The van der Waals surface area contributed by atoms with Gasteiger partial charge < -0.3 is 5.32 Å². The van der Waals surface area contributed by atoms with Gasteiger partial charge in [0.05, 0.1) is 17.8 Å². The minimum absolute atomic E-state index is 0.261. The molecule has 3 N–H and O–H groups in total. The number of fused-ring (bicyclic) bond motifs is 1. The molecule has 3 aromatic carbocycles. The average molecular weight is 343 g/mol. The van der Waals surface area contributed by atoms with E-state index in [1.165, 1.54) is 5.01 Å². The molecule has 26 heavy (non-hydrogen) atoms. The standard InChI is InChI=1S/C21H17N3O2/c22-24-13-17-16(14-7-3-1-4-8-14)11-12-18(19(17)21(24)26)23-20(25)15-9-5-2-6-10-15/h1-12H,13,22H2,(H,23,25). The molecule has 3 aromatic rings. The van der Waals surface area contributed by atoms with Crippen LogP contribution in [0.2, 0.25) is 0 Å². The second-order valence-electron chi connectivity index (χ2n) is 6.13. The summed E-state index contributed by atoms with van der Waals surface area (Å²) in [4.78, 5) is 25.1. The Balaban J connectivity index is 1.77. The molecule has 128 valence electrons. The molecule has 0 aromatic heterocycles. The Kier molecular flexibility index (Phi) is 3.99. The quantitative estimate of drug-likeness (QED) is 0.565. The van der Waals surface area contributed by atoms with E-state index in [1.807, 2.05) is 42.5 Å². The van der Waals surface area contributed by atoms with Crippen LogP contribution in [0.15, 0.2) is 72.8 Å². The maximum Gasteiger partial charge on any atom is 0.270 e. The lowest BCUT2D eigenvalue weighted by Crippen LogP contribution is -2.31. The van der Waals surface area contributed by atoms with Crippen molar-refractivity contribution in [3.63, 3.8) is 0 Å². The molecule has 1 aliphatic rings. The van der Waals surface area contributed by atoms with Crippen LogP contribution in [0.4, 0.5) is 5.69 Å². The first kappa shape index (κ1) is 16.1. The van der Waals surface area contributed by atoms with E-state index in [-0.39, 0.29) is 11.8 Å². The van der Waals surface area contributed by atoms with Crippen molar-refractivity contribution in [3.8, 4) is 11.1 Å². The van der Waals surface area contributed by atoms with Gasteiger partial charge in [-0.2, -0.15) is 0 Å². The van der Waals surface area contributed by atoms with Crippen molar-refractivity contribution in [2.24, 2.45) is 5.84 Å². The van der Waals surface area contributed by atoms with E-state index in [9.17, 15) is 9.59 Å². The summed E-state index contributed by atoms with van der Waals surface area (Å²) >= 11 is 0. The molecule has 0 spiro atoms. The average Bonchev–Trinajstić information content (AvgIpc) is 2.98. The number of hydrogen-bond acceptors (Lipinski definition) is 3. The van der Waals surface area contributed by atoms with Gasteiger partial charge in [0, 0.05) is 5.56 Å². The van der Waals surface area contributed by atoms with Crippen LogP contribution in [0.25, 0.3) is 11.1 Å². The van der Waals surface area contributed by atoms with Crippen LogP contribution in [-0.2, 0) is 6.54 Å². The Bertz CT molecular complexity index is 985. The molecular formula is C21H17N3O2. The number of nitrogens with one attached hydrogen (secondary N) is 1. The summed E-state index contributed by atoms with van der Waals surface area (Å²) in [6, 6.07) is 22.4. The number of amides is 2. The van der Waals surface area contributed by atoms with Gasteiger partial charge in [0.15, 0.2) is 0 Å². The summed E-state index contributed by atoms with van der Waals surface area (Å²) in [5, 5.41) is 4.02. The van der Waals surface area contributed by atoms with Gasteiger partial charge in [-0.05, 0) is 34.9 Å². The van der Waals surface area contributed by atoms with Crippen LogP contribution in [0.3, 0.4) is 0 Å². The zero-order valence-corrected chi connectivity index (χ0v) is 14.0. The highest BCUT2D eigenvalue weighted by Crippen LogP contribution is 2.36. The molecule has 4 rings (SSSR count). The van der Waals surface area contributed by atoms with Gasteiger partial charge in [-0.1, -0.05) is 54.6 Å². The lowest BCUT2D eigenvalue weighted by molar-refractivity contribution is 0.0779.